The summed E-state index contributed by atoms with van der Waals surface area (Å²) in [5, 5.41) is 13.3. The van der Waals surface area contributed by atoms with Crippen molar-refractivity contribution in [2.75, 3.05) is 19.7 Å². The number of fused-ring (bicyclic) bond motifs is 1. The van der Waals surface area contributed by atoms with Gasteiger partial charge in [0.1, 0.15) is 6.61 Å². The van der Waals surface area contributed by atoms with Gasteiger partial charge in [-0.2, -0.15) is 0 Å². The maximum atomic E-state index is 13.0. The third-order valence-corrected chi connectivity index (χ3v) is 7.13. The zero-order valence-corrected chi connectivity index (χ0v) is 21.6. The number of para-hydroxylation sites is 1. The van der Waals surface area contributed by atoms with E-state index in [-0.39, 0.29) is 26.1 Å². The third kappa shape index (κ3) is 5.45. The van der Waals surface area contributed by atoms with Crippen LogP contribution in [0.2, 0.25) is 0 Å². The number of rotatable bonds is 9. The van der Waals surface area contributed by atoms with Gasteiger partial charge in [0, 0.05) is 41.9 Å². The van der Waals surface area contributed by atoms with Gasteiger partial charge in [-0.05, 0) is 31.0 Å². The highest BCUT2D eigenvalue weighted by molar-refractivity contribution is 5.89. The Bertz CT molecular complexity index is 1460. The van der Waals surface area contributed by atoms with Crippen LogP contribution in [0.3, 0.4) is 0 Å². The molecule has 1 aliphatic rings. The molecule has 1 fully saturated rings. The van der Waals surface area contributed by atoms with E-state index in [1.165, 1.54) is 0 Å². The van der Waals surface area contributed by atoms with Gasteiger partial charge in [0.05, 0.1) is 29.2 Å². The zero-order valence-electron chi connectivity index (χ0n) is 21.6. The molecule has 0 radical (unpaired) electrons. The van der Waals surface area contributed by atoms with Gasteiger partial charge in [0.2, 0.25) is 11.8 Å². The molecule has 9 heteroatoms. The van der Waals surface area contributed by atoms with Gasteiger partial charge in [0.15, 0.2) is 0 Å². The number of hydrogen-bond acceptors (Lipinski definition) is 8. The summed E-state index contributed by atoms with van der Waals surface area (Å²) in [5.41, 5.74) is 5.04. The van der Waals surface area contributed by atoms with E-state index in [0.29, 0.717) is 12.5 Å². The van der Waals surface area contributed by atoms with E-state index in [0.717, 1.165) is 33.3 Å². The normalized spacial score (nSPS) is 18.6. The van der Waals surface area contributed by atoms with Gasteiger partial charge >= 0.3 is 5.97 Å². The molecule has 0 aliphatic carbocycles. The van der Waals surface area contributed by atoms with Crippen molar-refractivity contribution in [2.45, 2.75) is 20.0 Å². The molecule has 0 bridgehead atoms. The fourth-order valence-corrected chi connectivity index (χ4v) is 5.17. The standard InChI is InChI=1S/C30H30N4O5/c1-2-38-29(36)30(19-31-17-24(30)28(35)34-37)15-20-12-13-27(32-16-20)39-18-22-14-26(21-8-4-3-5-9-21)33-25-11-7-6-10-23(22)25/h3-14,16,24,31,37H,2,15,17-19H2,1H3,(H,34,35)/t24-,30+/m1/s1. The van der Waals surface area contributed by atoms with Crippen molar-refractivity contribution in [3.8, 4) is 17.1 Å². The van der Waals surface area contributed by atoms with E-state index in [2.05, 4.69) is 10.3 Å². The number of aromatic nitrogens is 2. The number of esters is 1. The van der Waals surface area contributed by atoms with Gasteiger partial charge < -0.3 is 14.8 Å². The summed E-state index contributed by atoms with van der Waals surface area (Å²) >= 11 is 0. The molecule has 9 nitrogen and oxygen atoms in total. The molecule has 4 aromatic rings. The van der Waals surface area contributed by atoms with Gasteiger partial charge in [-0.15, -0.1) is 0 Å². The minimum absolute atomic E-state index is 0.189. The van der Waals surface area contributed by atoms with Gasteiger partial charge in [-0.25, -0.2) is 15.4 Å². The molecule has 1 aliphatic heterocycles. The number of nitrogens with one attached hydrogen (secondary N) is 2. The van der Waals surface area contributed by atoms with Crippen LogP contribution in [-0.4, -0.2) is 46.7 Å². The smallest absolute Gasteiger partial charge is 0.314 e. The number of benzene rings is 2. The first-order valence-corrected chi connectivity index (χ1v) is 12.9. The average molecular weight is 527 g/mol. The van der Waals surface area contributed by atoms with Crippen LogP contribution in [-0.2, 0) is 27.4 Å². The number of carbonyl (C=O) groups excluding carboxylic acids is 2. The Morgan fingerprint density at radius 1 is 1.10 bits per heavy atom. The van der Waals surface area contributed by atoms with E-state index < -0.39 is 23.2 Å². The molecule has 0 saturated carbocycles. The lowest BCUT2D eigenvalue weighted by Crippen LogP contribution is -2.48. The second-order valence-electron chi connectivity index (χ2n) is 9.56. The van der Waals surface area contributed by atoms with Crippen LogP contribution in [0.25, 0.3) is 22.2 Å². The number of amides is 1. The summed E-state index contributed by atoms with van der Waals surface area (Å²) in [5.74, 6) is -1.46. The summed E-state index contributed by atoms with van der Waals surface area (Å²) in [4.78, 5) is 34.6. The minimum atomic E-state index is -1.16. The molecule has 2 aromatic carbocycles. The maximum Gasteiger partial charge on any atom is 0.314 e. The molecule has 200 valence electrons. The van der Waals surface area contributed by atoms with Crippen molar-refractivity contribution < 1.29 is 24.3 Å². The summed E-state index contributed by atoms with van der Waals surface area (Å²) in [6, 6.07) is 23.6. The van der Waals surface area contributed by atoms with Crippen LogP contribution in [0.15, 0.2) is 79.0 Å². The monoisotopic (exact) mass is 526 g/mol. The molecule has 1 saturated heterocycles. The van der Waals surface area contributed by atoms with Crippen molar-refractivity contribution in [3.05, 3.63) is 90.1 Å². The second-order valence-corrected chi connectivity index (χ2v) is 9.56. The predicted molar refractivity (Wildman–Crippen MR) is 145 cm³/mol. The molecule has 39 heavy (non-hydrogen) atoms. The van der Waals surface area contributed by atoms with E-state index in [1.54, 1.807) is 24.7 Å². The van der Waals surface area contributed by atoms with Gasteiger partial charge in [0.25, 0.3) is 0 Å². The molecule has 2 atom stereocenters. The van der Waals surface area contributed by atoms with Crippen LogP contribution in [0.1, 0.15) is 18.1 Å². The highest BCUT2D eigenvalue weighted by atomic mass is 16.5. The number of hydroxylamine groups is 1. The van der Waals surface area contributed by atoms with Crippen LogP contribution >= 0.6 is 0 Å². The third-order valence-electron chi connectivity index (χ3n) is 7.13. The van der Waals surface area contributed by atoms with Crippen LogP contribution in [0, 0.1) is 11.3 Å². The van der Waals surface area contributed by atoms with Crippen molar-refractivity contribution in [2.24, 2.45) is 11.3 Å². The van der Waals surface area contributed by atoms with Crippen molar-refractivity contribution in [3.63, 3.8) is 0 Å². The Morgan fingerprint density at radius 3 is 2.64 bits per heavy atom. The highest BCUT2D eigenvalue weighted by Crippen LogP contribution is 2.37. The highest BCUT2D eigenvalue weighted by Gasteiger charge is 2.53. The topological polar surface area (TPSA) is 123 Å². The first kappa shape index (κ1) is 26.3. The number of ether oxygens (including phenoxy) is 2. The predicted octanol–water partition coefficient (Wildman–Crippen LogP) is 3.69. The second kappa shape index (κ2) is 11.6. The Morgan fingerprint density at radius 2 is 1.90 bits per heavy atom. The van der Waals surface area contributed by atoms with E-state index in [1.807, 2.05) is 66.7 Å². The van der Waals surface area contributed by atoms with E-state index in [9.17, 15) is 14.8 Å². The minimum Gasteiger partial charge on any atom is -0.473 e. The number of carbonyl (C=O) groups is 2. The number of pyridine rings is 2. The number of nitrogens with zero attached hydrogens (tertiary/aromatic N) is 2. The summed E-state index contributed by atoms with van der Waals surface area (Å²) in [7, 11) is 0. The molecule has 2 aromatic heterocycles. The lowest BCUT2D eigenvalue weighted by atomic mass is 9.73. The SMILES string of the molecule is CCOC(=O)[C@@]1(Cc2ccc(OCc3cc(-c4ccccc4)nc4ccccc34)nc2)CNC[C@@H]1C(=O)NO. The van der Waals surface area contributed by atoms with Crippen molar-refractivity contribution >= 4 is 22.8 Å². The molecule has 0 spiro atoms. The van der Waals surface area contributed by atoms with Gasteiger partial charge in [-0.3, -0.25) is 14.8 Å². The quantitative estimate of drug-likeness (QED) is 0.171. The average Bonchev–Trinajstić information content (AvgIpc) is 3.41. The molecular formula is C30H30N4O5. The lowest BCUT2D eigenvalue weighted by Gasteiger charge is -2.31. The molecule has 0 unspecified atom stereocenters. The van der Waals surface area contributed by atoms with Gasteiger partial charge in [-0.1, -0.05) is 54.6 Å². The Hall–Kier alpha value is -4.34. The zero-order chi connectivity index (χ0) is 27.2. The molecular weight excluding hydrogens is 496 g/mol. The Balaban J connectivity index is 1.35. The summed E-state index contributed by atoms with van der Waals surface area (Å²) in [6.45, 7) is 2.71. The van der Waals surface area contributed by atoms with Crippen molar-refractivity contribution in [1.82, 2.24) is 20.8 Å². The maximum absolute atomic E-state index is 13.0. The van der Waals surface area contributed by atoms with Crippen LogP contribution < -0.4 is 15.5 Å². The summed E-state index contributed by atoms with van der Waals surface area (Å²) < 4.78 is 11.4. The fraction of sp³-hybridized carbons (Fsp3) is 0.267. The van der Waals surface area contributed by atoms with Crippen LogP contribution in [0.5, 0.6) is 5.88 Å². The van der Waals surface area contributed by atoms with E-state index >= 15 is 0 Å². The first-order valence-electron chi connectivity index (χ1n) is 12.9. The largest absolute Gasteiger partial charge is 0.473 e. The Labute approximate surface area is 226 Å². The number of hydrogen-bond donors (Lipinski definition) is 3. The van der Waals surface area contributed by atoms with E-state index in [4.69, 9.17) is 14.5 Å². The summed E-state index contributed by atoms with van der Waals surface area (Å²) in [6.07, 6.45) is 1.86. The molecule has 3 N–H and O–H groups in total. The fourth-order valence-electron chi connectivity index (χ4n) is 5.17. The molecule has 5 rings (SSSR count). The molecule has 3 heterocycles. The molecule has 1 amide bonds. The Kier molecular flexibility index (Phi) is 7.81. The first-order chi connectivity index (χ1) is 19.0. The van der Waals surface area contributed by atoms with Crippen molar-refractivity contribution in [1.29, 1.82) is 0 Å². The van der Waals surface area contributed by atoms with Crippen LogP contribution in [0.4, 0.5) is 0 Å². The lowest BCUT2D eigenvalue weighted by molar-refractivity contribution is -0.161.